The number of rotatable bonds is 4. The summed E-state index contributed by atoms with van der Waals surface area (Å²) in [4.78, 5) is 23.4. The average molecular weight is 279 g/mol. The second-order valence-corrected chi connectivity index (χ2v) is 4.60. The first-order chi connectivity index (χ1) is 7.50. The van der Waals surface area contributed by atoms with E-state index in [2.05, 4.69) is 0 Å². The summed E-state index contributed by atoms with van der Waals surface area (Å²) in [6.07, 6.45) is -0.102. The van der Waals surface area contributed by atoms with Gasteiger partial charge in [0.15, 0.2) is 0 Å². The number of benzene rings is 1. The molecule has 0 spiro atoms. The minimum absolute atomic E-state index is 0.0275. The standard InChI is InChI=1S/C11H12GeNO3/c1-13(10(14)6-7-11(15)16)9-4-2-8(12)3-5-9/h2-5H,6-7H2,1H3,(H,15,16). The molecule has 3 radical (unpaired) electrons. The van der Waals surface area contributed by atoms with Crippen molar-refractivity contribution in [3.05, 3.63) is 24.3 Å². The molecule has 0 aliphatic heterocycles. The van der Waals surface area contributed by atoms with Crippen LogP contribution in [0.15, 0.2) is 24.3 Å². The number of nitrogens with zero attached hydrogens (tertiary/aromatic N) is 1. The van der Waals surface area contributed by atoms with Crippen LogP contribution in [0.3, 0.4) is 0 Å². The summed E-state index contributed by atoms with van der Waals surface area (Å²) in [6.45, 7) is 0. The van der Waals surface area contributed by atoms with Gasteiger partial charge in [0.2, 0.25) is 0 Å². The topological polar surface area (TPSA) is 57.6 Å². The van der Waals surface area contributed by atoms with E-state index in [1.165, 1.54) is 4.90 Å². The van der Waals surface area contributed by atoms with E-state index in [9.17, 15) is 9.59 Å². The molecule has 0 saturated heterocycles. The minimum atomic E-state index is -0.953. The molecule has 1 rings (SSSR count). The van der Waals surface area contributed by atoms with E-state index in [-0.39, 0.29) is 18.7 Å². The predicted molar refractivity (Wildman–Crippen MR) is 62.1 cm³/mol. The third kappa shape index (κ3) is 3.69. The van der Waals surface area contributed by atoms with Crippen molar-refractivity contribution >= 4 is 38.5 Å². The molecule has 0 aromatic heterocycles. The normalized spacial score (nSPS) is 9.88. The van der Waals surface area contributed by atoms with Gasteiger partial charge >= 0.3 is 102 Å². The summed E-state index contributed by atoms with van der Waals surface area (Å²) in [5, 5.41) is 8.48. The third-order valence-electron chi connectivity index (χ3n) is 2.18. The van der Waals surface area contributed by atoms with Crippen LogP contribution in [0, 0.1) is 0 Å². The van der Waals surface area contributed by atoms with E-state index in [0.29, 0.717) is 0 Å². The molecular formula is C11H12GeNO3. The summed E-state index contributed by atoms with van der Waals surface area (Å²) in [7, 11) is 1.65. The van der Waals surface area contributed by atoms with E-state index < -0.39 is 5.97 Å². The Morgan fingerprint density at radius 1 is 1.25 bits per heavy atom. The molecule has 83 valence electrons. The van der Waals surface area contributed by atoms with Crippen LogP contribution in [0.5, 0.6) is 0 Å². The Morgan fingerprint density at radius 3 is 2.31 bits per heavy atom. The first-order valence-electron chi connectivity index (χ1n) is 4.80. The number of anilines is 1. The molecule has 1 aromatic rings. The zero-order valence-electron chi connectivity index (χ0n) is 8.93. The molecule has 1 amide bonds. The molecule has 4 nitrogen and oxygen atoms in total. The number of carboxylic acid groups (broad SMARTS) is 1. The van der Waals surface area contributed by atoms with Crippen molar-refractivity contribution in [1.82, 2.24) is 0 Å². The molecule has 1 N–H and O–H groups in total. The molecular weight excluding hydrogens is 267 g/mol. The molecule has 0 fully saturated rings. The number of hydrogen-bond acceptors (Lipinski definition) is 2. The van der Waals surface area contributed by atoms with Crippen molar-refractivity contribution in [2.24, 2.45) is 0 Å². The first-order valence-corrected chi connectivity index (χ1v) is 5.85. The zero-order chi connectivity index (χ0) is 12.1. The quantitative estimate of drug-likeness (QED) is 0.807. The molecule has 0 aliphatic rings. The Kier molecular flexibility index (Phi) is 4.55. The van der Waals surface area contributed by atoms with Crippen LogP contribution < -0.4 is 9.30 Å². The number of hydrogen-bond donors (Lipinski definition) is 1. The van der Waals surface area contributed by atoms with Gasteiger partial charge in [-0.15, -0.1) is 0 Å². The Bertz CT molecular complexity index is 389. The Balaban J connectivity index is 2.63. The van der Waals surface area contributed by atoms with Gasteiger partial charge in [0.05, 0.1) is 0 Å². The van der Waals surface area contributed by atoms with Crippen LogP contribution in [-0.4, -0.2) is 40.5 Å². The molecule has 5 heteroatoms. The fourth-order valence-electron chi connectivity index (χ4n) is 1.21. The summed E-state index contributed by atoms with van der Waals surface area (Å²) < 4.78 is 1.12. The number of amides is 1. The Labute approximate surface area is 102 Å². The molecule has 1 aromatic carbocycles. The summed E-state index contributed by atoms with van der Waals surface area (Å²) >= 11 is 1.97. The van der Waals surface area contributed by atoms with Crippen LogP contribution in [0.4, 0.5) is 5.69 Å². The first kappa shape index (κ1) is 12.8. The van der Waals surface area contributed by atoms with Gasteiger partial charge in [0.25, 0.3) is 0 Å². The molecule has 0 heterocycles. The van der Waals surface area contributed by atoms with Gasteiger partial charge in [-0.2, -0.15) is 0 Å². The van der Waals surface area contributed by atoms with Crippen molar-refractivity contribution < 1.29 is 14.7 Å². The monoisotopic (exact) mass is 280 g/mol. The Hall–Kier alpha value is -1.30. The number of carboxylic acids is 1. The van der Waals surface area contributed by atoms with Crippen LogP contribution >= 0.6 is 0 Å². The predicted octanol–water partition coefficient (Wildman–Crippen LogP) is 0.308. The van der Waals surface area contributed by atoms with Crippen molar-refractivity contribution in [1.29, 1.82) is 0 Å². The summed E-state index contributed by atoms with van der Waals surface area (Å²) in [5.74, 6) is -1.14. The van der Waals surface area contributed by atoms with Gasteiger partial charge in [0.1, 0.15) is 0 Å². The van der Waals surface area contributed by atoms with Gasteiger partial charge in [-0.05, 0) is 0 Å². The molecule has 16 heavy (non-hydrogen) atoms. The van der Waals surface area contributed by atoms with Gasteiger partial charge in [0, 0.05) is 0 Å². The second kappa shape index (κ2) is 5.70. The van der Waals surface area contributed by atoms with Gasteiger partial charge in [-0.25, -0.2) is 0 Å². The maximum absolute atomic E-state index is 11.6. The maximum atomic E-state index is 11.6. The third-order valence-corrected chi connectivity index (χ3v) is 2.88. The van der Waals surface area contributed by atoms with E-state index in [0.717, 1.165) is 10.1 Å². The van der Waals surface area contributed by atoms with E-state index in [1.54, 1.807) is 7.05 Å². The van der Waals surface area contributed by atoms with Crippen molar-refractivity contribution in [3.63, 3.8) is 0 Å². The number of carbonyl (C=O) groups excluding carboxylic acids is 1. The molecule has 0 unspecified atom stereocenters. The fraction of sp³-hybridized carbons (Fsp3) is 0.273. The van der Waals surface area contributed by atoms with Gasteiger partial charge < -0.3 is 0 Å². The second-order valence-electron chi connectivity index (χ2n) is 3.39. The molecule has 0 atom stereocenters. The van der Waals surface area contributed by atoms with Gasteiger partial charge in [-0.1, -0.05) is 0 Å². The molecule has 0 aliphatic carbocycles. The number of carbonyl (C=O) groups is 2. The van der Waals surface area contributed by atoms with Crippen LogP contribution in [0.1, 0.15) is 12.8 Å². The summed E-state index contributed by atoms with van der Waals surface area (Å²) in [5.41, 5.74) is 0.779. The Morgan fingerprint density at radius 2 is 1.81 bits per heavy atom. The van der Waals surface area contributed by atoms with E-state index in [4.69, 9.17) is 5.11 Å². The van der Waals surface area contributed by atoms with Crippen LogP contribution in [-0.2, 0) is 9.59 Å². The molecule has 0 bridgehead atoms. The van der Waals surface area contributed by atoms with Crippen molar-refractivity contribution in [2.45, 2.75) is 12.8 Å². The van der Waals surface area contributed by atoms with E-state index >= 15 is 0 Å². The van der Waals surface area contributed by atoms with Crippen LogP contribution in [0.2, 0.25) is 0 Å². The molecule has 0 saturated carbocycles. The summed E-state index contributed by atoms with van der Waals surface area (Å²) in [6, 6.07) is 7.51. The van der Waals surface area contributed by atoms with Crippen molar-refractivity contribution in [2.75, 3.05) is 11.9 Å². The van der Waals surface area contributed by atoms with E-state index in [1.807, 2.05) is 40.8 Å². The fourth-order valence-corrected chi connectivity index (χ4v) is 1.56. The zero-order valence-corrected chi connectivity index (χ0v) is 11.0. The SMILES string of the molecule is CN(C(=O)CCC(=O)O)c1cc[c]([Ge])cc1. The average Bonchev–Trinajstić information content (AvgIpc) is 2.26. The van der Waals surface area contributed by atoms with Crippen LogP contribution in [0.25, 0.3) is 0 Å². The number of aliphatic carboxylic acids is 1. The van der Waals surface area contributed by atoms with Gasteiger partial charge in [-0.3, -0.25) is 0 Å². The van der Waals surface area contributed by atoms with Crippen molar-refractivity contribution in [3.8, 4) is 0 Å².